The minimum atomic E-state index is -3.62. The number of carbonyl (C=O) groups excluding carboxylic acids is 1. The summed E-state index contributed by atoms with van der Waals surface area (Å²) in [5.74, 6) is -1.43. The summed E-state index contributed by atoms with van der Waals surface area (Å²) < 4.78 is 37.6. The van der Waals surface area contributed by atoms with Crippen LogP contribution in [0, 0.1) is 11.7 Å². The van der Waals surface area contributed by atoms with Crippen LogP contribution in [0.5, 0.6) is 0 Å². The second kappa shape index (κ2) is 5.24. The van der Waals surface area contributed by atoms with E-state index in [1.54, 1.807) is 13.8 Å². The van der Waals surface area contributed by atoms with E-state index in [-0.39, 0.29) is 28.0 Å². The maximum Gasteiger partial charge on any atom is 0.229 e. The van der Waals surface area contributed by atoms with E-state index in [2.05, 4.69) is 0 Å². The maximum absolute atomic E-state index is 13.5. The highest BCUT2D eigenvalue weighted by Gasteiger charge is 2.18. The third kappa shape index (κ3) is 3.68. The zero-order valence-corrected chi connectivity index (χ0v) is 11.7. The molecule has 0 heterocycles. The van der Waals surface area contributed by atoms with E-state index in [4.69, 9.17) is 11.6 Å². The lowest BCUT2D eigenvalue weighted by molar-refractivity contribution is 0.0939. The standard InChI is InChI=1S/C11H13ClFNO3S/c1-6(2)11(15)7-4-10(14-18(3,16)17)9(13)5-8(7)12/h4-6,14H,1-3H3. The van der Waals surface area contributed by atoms with Gasteiger partial charge >= 0.3 is 0 Å². The van der Waals surface area contributed by atoms with E-state index in [0.29, 0.717) is 0 Å². The largest absolute Gasteiger partial charge is 0.294 e. The lowest BCUT2D eigenvalue weighted by Crippen LogP contribution is -2.13. The number of benzene rings is 1. The molecular formula is C11H13ClFNO3S. The monoisotopic (exact) mass is 293 g/mol. The molecule has 100 valence electrons. The van der Waals surface area contributed by atoms with Gasteiger partial charge in [0.15, 0.2) is 5.78 Å². The maximum atomic E-state index is 13.5. The highest BCUT2D eigenvalue weighted by Crippen LogP contribution is 2.26. The molecule has 18 heavy (non-hydrogen) atoms. The molecule has 0 fully saturated rings. The minimum absolute atomic E-state index is 0.0368. The van der Waals surface area contributed by atoms with Gasteiger partial charge in [0.2, 0.25) is 10.0 Å². The zero-order valence-electron chi connectivity index (χ0n) is 10.1. The molecule has 1 aromatic carbocycles. The van der Waals surface area contributed by atoms with Gasteiger partial charge in [0, 0.05) is 11.5 Å². The van der Waals surface area contributed by atoms with Crippen molar-refractivity contribution in [3.8, 4) is 0 Å². The fraction of sp³-hybridized carbons (Fsp3) is 0.364. The SMILES string of the molecule is CC(C)C(=O)c1cc(NS(C)(=O)=O)c(F)cc1Cl. The van der Waals surface area contributed by atoms with Gasteiger partial charge in [-0.15, -0.1) is 0 Å². The first-order chi connectivity index (χ1) is 8.11. The Hall–Kier alpha value is -1.14. The van der Waals surface area contributed by atoms with Gasteiger partial charge in [0.05, 0.1) is 17.0 Å². The van der Waals surface area contributed by atoms with Crippen molar-refractivity contribution in [2.75, 3.05) is 11.0 Å². The van der Waals surface area contributed by atoms with E-state index < -0.39 is 15.8 Å². The molecule has 0 aliphatic carbocycles. The van der Waals surface area contributed by atoms with Crippen molar-refractivity contribution < 1.29 is 17.6 Å². The van der Waals surface area contributed by atoms with Crippen LogP contribution >= 0.6 is 11.6 Å². The Morgan fingerprint density at radius 2 is 1.94 bits per heavy atom. The molecule has 0 aliphatic heterocycles. The van der Waals surface area contributed by atoms with Crippen LogP contribution in [0.25, 0.3) is 0 Å². The summed E-state index contributed by atoms with van der Waals surface area (Å²) in [5.41, 5.74) is -0.190. The highest BCUT2D eigenvalue weighted by molar-refractivity contribution is 7.92. The van der Waals surface area contributed by atoms with Crippen LogP contribution in [0.3, 0.4) is 0 Å². The Kier molecular flexibility index (Phi) is 4.34. The van der Waals surface area contributed by atoms with E-state index in [0.717, 1.165) is 18.4 Å². The Bertz CT molecular complexity index is 584. The first-order valence-electron chi connectivity index (χ1n) is 5.13. The van der Waals surface area contributed by atoms with E-state index in [1.807, 2.05) is 4.72 Å². The smallest absolute Gasteiger partial charge is 0.229 e. The molecule has 0 radical (unpaired) electrons. The van der Waals surface area contributed by atoms with Crippen molar-refractivity contribution >= 4 is 33.1 Å². The van der Waals surface area contributed by atoms with Crippen LogP contribution in [-0.2, 0) is 10.0 Å². The first-order valence-corrected chi connectivity index (χ1v) is 7.40. The van der Waals surface area contributed by atoms with Crippen LogP contribution in [0.15, 0.2) is 12.1 Å². The Morgan fingerprint density at radius 1 is 1.39 bits per heavy atom. The molecule has 0 spiro atoms. The van der Waals surface area contributed by atoms with Crippen molar-refractivity contribution in [3.63, 3.8) is 0 Å². The first kappa shape index (κ1) is 14.9. The fourth-order valence-electron chi connectivity index (χ4n) is 1.33. The zero-order chi connectivity index (χ0) is 14.1. The molecule has 4 nitrogen and oxygen atoms in total. The molecule has 0 saturated carbocycles. The van der Waals surface area contributed by atoms with Crippen molar-refractivity contribution in [1.29, 1.82) is 0 Å². The van der Waals surface area contributed by atoms with Crippen LogP contribution in [0.2, 0.25) is 5.02 Å². The molecule has 0 unspecified atom stereocenters. The van der Waals surface area contributed by atoms with Crippen molar-refractivity contribution in [2.45, 2.75) is 13.8 Å². The lowest BCUT2D eigenvalue weighted by atomic mass is 10.0. The average Bonchev–Trinajstić information content (AvgIpc) is 2.19. The Morgan fingerprint density at radius 3 is 2.39 bits per heavy atom. The fourth-order valence-corrected chi connectivity index (χ4v) is 2.13. The van der Waals surface area contributed by atoms with Crippen LogP contribution in [-0.4, -0.2) is 20.5 Å². The number of rotatable bonds is 4. The number of sulfonamides is 1. The van der Waals surface area contributed by atoms with Crippen LogP contribution < -0.4 is 4.72 Å². The molecule has 7 heteroatoms. The van der Waals surface area contributed by atoms with Gasteiger partial charge in [0.25, 0.3) is 0 Å². The molecule has 0 saturated heterocycles. The summed E-state index contributed by atoms with van der Waals surface area (Å²) in [6.45, 7) is 3.34. The van der Waals surface area contributed by atoms with Gasteiger partial charge in [-0.2, -0.15) is 0 Å². The van der Waals surface area contributed by atoms with Crippen LogP contribution in [0.4, 0.5) is 10.1 Å². The number of ketones is 1. The number of Topliss-reactive ketones (excluding diaryl/α,β-unsaturated/α-hetero) is 1. The summed E-state index contributed by atoms with van der Waals surface area (Å²) in [4.78, 5) is 11.8. The van der Waals surface area contributed by atoms with E-state index in [9.17, 15) is 17.6 Å². The summed E-state index contributed by atoms with van der Waals surface area (Å²) in [6.07, 6.45) is 0.894. The average molecular weight is 294 g/mol. The number of halogens is 2. The van der Waals surface area contributed by atoms with Crippen LogP contribution in [0.1, 0.15) is 24.2 Å². The summed E-state index contributed by atoms with van der Waals surface area (Å²) in [6, 6.07) is 2.03. The molecule has 0 bridgehead atoms. The molecule has 0 aromatic heterocycles. The van der Waals surface area contributed by atoms with Gasteiger partial charge in [0.1, 0.15) is 5.82 Å². The second-order valence-electron chi connectivity index (χ2n) is 4.21. The minimum Gasteiger partial charge on any atom is -0.294 e. The molecular weight excluding hydrogens is 281 g/mol. The number of nitrogens with one attached hydrogen (secondary N) is 1. The third-order valence-electron chi connectivity index (χ3n) is 2.14. The summed E-state index contributed by atoms with van der Waals surface area (Å²) in [5, 5.41) is -0.0368. The normalized spacial score (nSPS) is 11.7. The number of carbonyl (C=O) groups is 1. The highest BCUT2D eigenvalue weighted by atomic mass is 35.5. The second-order valence-corrected chi connectivity index (χ2v) is 6.36. The van der Waals surface area contributed by atoms with Crippen molar-refractivity contribution in [1.82, 2.24) is 0 Å². The van der Waals surface area contributed by atoms with E-state index in [1.165, 1.54) is 0 Å². The molecule has 0 amide bonds. The topological polar surface area (TPSA) is 63.2 Å². The predicted octanol–water partition coefficient (Wildman–Crippen LogP) is 2.69. The molecule has 1 N–H and O–H groups in total. The van der Waals surface area contributed by atoms with Crippen molar-refractivity contribution in [2.24, 2.45) is 5.92 Å². The quantitative estimate of drug-likeness (QED) is 0.868. The van der Waals surface area contributed by atoms with Gasteiger partial charge in [-0.1, -0.05) is 25.4 Å². The van der Waals surface area contributed by atoms with E-state index >= 15 is 0 Å². The number of hydrogen-bond acceptors (Lipinski definition) is 3. The van der Waals surface area contributed by atoms with Gasteiger partial charge < -0.3 is 0 Å². The Labute approximate surface area is 110 Å². The molecule has 0 aliphatic rings. The molecule has 1 rings (SSSR count). The number of anilines is 1. The predicted molar refractivity (Wildman–Crippen MR) is 69.0 cm³/mol. The third-order valence-corrected chi connectivity index (χ3v) is 3.05. The molecule has 1 aromatic rings. The van der Waals surface area contributed by atoms with Gasteiger partial charge in [-0.25, -0.2) is 12.8 Å². The Balaban J connectivity index is 3.31. The lowest BCUT2D eigenvalue weighted by Gasteiger charge is -2.11. The van der Waals surface area contributed by atoms with Gasteiger partial charge in [-0.3, -0.25) is 9.52 Å². The summed E-state index contributed by atoms with van der Waals surface area (Å²) >= 11 is 5.77. The van der Waals surface area contributed by atoms with Gasteiger partial charge in [-0.05, 0) is 12.1 Å². The van der Waals surface area contributed by atoms with Crippen molar-refractivity contribution in [3.05, 3.63) is 28.5 Å². The molecule has 0 atom stereocenters. The number of hydrogen-bond donors (Lipinski definition) is 1. The summed E-state index contributed by atoms with van der Waals surface area (Å²) in [7, 11) is -3.62.